The van der Waals surface area contributed by atoms with Crippen molar-refractivity contribution in [1.82, 2.24) is 20.2 Å². The van der Waals surface area contributed by atoms with Crippen molar-refractivity contribution >= 4 is 17.4 Å². The molecule has 4 rings (SSSR count). The minimum atomic E-state index is -0.152. The first-order chi connectivity index (χ1) is 13.6. The van der Waals surface area contributed by atoms with Crippen molar-refractivity contribution in [2.45, 2.75) is 6.92 Å². The molecular weight excluding hydrogens is 356 g/mol. The first kappa shape index (κ1) is 17.3. The summed E-state index contributed by atoms with van der Waals surface area (Å²) in [6, 6.07) is 16.7. The van der Waals surface area contributed by atoms with Crippen molar-refractivity contribution in [2.75, 3.05) is 11.1 Å². The molecule has 8 nitrogen and oxygen atoms in total. The Morgan fingerprint density at radius 3 is 2.57 bits per heavy atom. The number of amides is 1. The largest absolute Gasteiger partial charge is 0.414 e. The number of nitrogens with one attached hydrogen (secondary N) is 1. The van der Waals surface area contributed by atoms with Gasteiger partial charge in [0.1, 0.15) is 0 Å². The Bertz CT molecular complexity index is 1150. The van der Waals surface area contributed by atoms with E-state index in [0.717, 1.165) is 11.1 Å². The summed E-state index contributed by atoms with van der Waals surface area (Å²) < 4.78 is 5.74. The smallest absolute Gasteiger partial charge is 0.270 e. The van der Waals surface area contributed by atoms with E-state index >= 15 is 0 Å². The van der Waals surface area contributed by atoms with Crippen LogP contribution in [-0.4, -0.2) is 26.1 Å². The number of hydrogen-bond donors (Lipinski definition) is 2. The van der Waals surface area contributed by atoms with E-state index in [2.05, 4.69) is 25.5 Å². The summed E-state index contributed by atoms with van der Waals surface area (Å²) in [4.78, 5) is 20.0. The lowest BCUT2D eigenvalue weighted by Gasteiger charge is -2.07. The number of hydrogen-bond acceptors (Lipinski definition) is 7. The predicted molar refractivity (Wildman–Crippen MR) is 109 cm³/mol. The molecule has 0 saturated heterocycles. The van der Waals surface area contributed by atoms with Gasteiger partial charge in [0.05, 0.1) is 11.9 Å². The number of nitrogen functional groups attached to an aromatic ring is 1. The Hall–Kier alpha value is -4.07. The molecular formula is C20H20N6O2. The molecule has 1 amide bonds. The molecule has 0 unspecified atom stereocenters. The van der Waals surface area contributed by atoms with Gasteiger partial charge in [0.2, 0.25) is 11.8 Å². The highest BCUT2D eigenvalue weighted by Crippen LogP contribution is 2.28. The minimum absolute atomic E-state index is 0. The SMILES string of the molecule is CC(=O)Nc1cccc(-c2cnc(N)c(-c3nnc(-c4ccccc4)o3)n2)c1.[HH].[HH]. The molecule has 2 aromatic carbocycles. The average molecular weight is 376 g/mol. The second kappa shape index (κ2) is 7.28. The molecule has 2 aromatic heterocycles. The minimum Gasteiger partial charge on any atom is -0.414 e. The van der Waals surface area contributed by atoms with Crippen LogP contribution in [0.4, 0.5) is 11.5 Å². The standard InChI is InChI=1S/C20H16N6O2.2H2/c1-12(27)23-15-9-5-8-14(10-15)16-11-22-18(21)17(24-16)20-26-25-19(28-20)13-6-3-2-4-7-13;;/h2-11H,1H3,(H2,21,22)(H,23,27);2*1H. The molecule has 2 heterocycles. The molecule has 0 aliphatic heterocycles. The van der Waals surface area contributed by atoms with Gasteiger partial charge in [-0.2, -0.15) is 0 Å². The van der Waals surface area contributed by atoms with Crippen LogP contribution in [-0.2, 0) is 4.79 Å². The van der Waals surface area contributed by atoms with Crippen molar-refractivity contribution < 1.29 is 12.1 Å². The number of nitrogens with two attached hydrogens (primary N) is 1. The Balaban J connectivity index is 0.00000160. The highest BCUT2D eigenvalue weighted by Gasteiger charge is 2.16. The van der Waals surface area contributed by atoms with Gasteiger partial charge in [-0.05, 0) is 24.3 Å². The Labute approximate surface area is 163 Å². The third-order valence-corrected chi connectivity index (χ3v) is 3.93. The Morgan fingerprint density at radius 2 is 1.79 bits per heavy atom. The maximum atomic E-state index is 11.3. The normalized spacial score (nSPS) is 10.6. The lowest BCUT2D eigenvalue weighted by molar-refractivity contribution is -0.114. The van der Waals surface area contributed by atoms with Crippen LogP contribution in [0.2, 0.25) is 0 Å². The van der Waals surface area contributed by atoms with Crippen LogP contribution in [0.15, 0.2) is 65.2 Å². The molecule has 0 spiro atoms. The summed E-state index contributed by atoms with van der Waals surface area (Å²) in [6.07, 6.45) is 1.56. The average Bonchev–Trinajstić information content (AvgIpc) is 3.19. The van der Waals surface area contributed by atoms with Gasteiger partial charge in [-0.3, -0.25) is 4.79 Å². The van der Waals surface area contributed by atoms with Crippen LogP contribution >= 0.6 is 0 Å². The van der Waals surface area contributed by atoms with Crippen LogP contribution in [0.5, 0.6) is 0 Å². The molecule has 3 N–H and O–H groups in total. The zero-order valence-electron chi connectivity index (χ0n) is 15.0. The maximum Gasteiger partial charge on any atom is 0.270 e. The highest BCUT2D eigenvalue weighted by molar-refractivity contribution is 5.89. The van der Waals surface area contributed by atoms with E-state index in [1.807, 2.05) is 42.5 Å². The monoisotopic (exact) mass is 376 g/mol. The number of aromatic nitrogens is 4. The summed E-state index contributed by atoms with van der Waals surface area (Å²) in [5.74, 6) is 0.587. The Morgan fingerprint density at radius 1 is 1.04 bits per heavy atom. The fourth-order valence-electron chi connectivity index (χ4n) is 2.67. The van der Waals surface area contributed by atoms with Gasteiger partial charge in [0, 0.05) is 26.6 Å². The molecule has 0 fully saturated rings. The van der Waals surface area contributed by atoms with Crippen LogP contribution in [0.1, 0.15) is 9.78 Å². The van der Waals surface area contributed by atoms with E-state index in [0.29, 0.717) is 23.0 Å². The summed E-state index contributed by atoms with van der Waals surface area (Å²) >= 11 is 0. The number of carbonyl (C=O) groups excluding carboxylic acids is 1. The van der Waals surface area contributed by atoms with Crippen molar-refractivity contribution in [2.24, 2.45) is 0 Å². The topological polar surface area (TPSA) is 120 Å². The number of rotatable bonds is 4. The lowest BCUT2D eigenvalue weighted by atomic mass is 10.1. The van der Waals surface area contributed by atoms with Gasteiger partial charge < -0.3 is 15.5 Å². The third kappa shape index (κ3) is 3.56. The van der Waals surface area contributed by atoms with Gasteiger partial charge in [-0.25, -0.2) is 9.97 Å². The van der Waals surface area contributed by atoms with Crippen molar-refractivity contribution in [3.8, 4) is 34.3 Å². The van der Waals surface area contributed by atoms with Crippen LogP contribution in [0.3, 0.4) is 0 Å². The summed E-state index contributed by atoms with van der Waals surface area (Å²) in [7, 11) is 0. The molecule has 0 saturated carbocycles. The van der Waals surface area contributed by atoms with Gasteiger partial charge in [-0.15, -0.1) is 10.2 Å². The van der Waals surface area contributed by atoms with Crippen molar-refractivity contribution in [3.05, 3.63) is 60.8 Å². The predicted octanol–water partition coefficient (Wildman–Crippen LogP) is 3.89. The first-order valence-electron chi connectivity index (χ1n) is 8.50. The maximum absolute atomic E-state index is 11.3. The van der Waals surface area contributed by atoms with Crippen molar-refractivity contribution in [3.63, 3.8) is 0 Å². The van der Waals surface area contributed by atoms with E-state index in [1.54, 1.807) is 18.3 Å². The van der Waals surface area contributed by atoms with Gasteiger partial charge in [0.15, 0.2) is 11.5 Å². The fraction of sp³-hybridized carbons (Fsp3) is 0.0500. The molecule has 28 heavy (non-hydrogen) atoms. The quantitative estimate of drug-likeness (QED) is 0.554. The molecule has 0 aliphatic rings. The number of carbonyl (C=O) groups is 1. The van der Waals surface area contributed by atoms with E-state index in [1.165, 1.54) is 6.92 Å². The van der Waals surface area contributed by atoms with Gasteiger partial charge >= 0.3 is 0 Å². The highest BCUT2D eigenvalue weighted by atomic mass is 16.4. The first-order valence-corrected chi connectivity index (χ1v) is 8.50. The van der Waals surface area contributed by atoms with Gasteiger partial charge in [0.25, 0.3) is 5.89 Å². The molecule has 0 aliphatic carbocycles. The second-order valence-electron chi connectivity index (χ2n) is 6.03. The van der Waals surface area contributed by atoms with Gasteiger partial charge in [-0.1, -0.05) is 30.3 Å². The zero-order valence-corrected chi connectivity index (χ0v) is 15.0. The Kier molecular flexibility index (Phi) is 4.51. The lowest BCUT2D eigenvalue weighted by Crippen LogP contribution is -2.05. The summed E-state index contributed by atoms with van der Waals surface area (Å²) in [5.41, 5.74) is 9.08. The third-order valence-electron chi connectivity index (χ3n) is 3.93. The summed E-state index contributed by atoms with van der Waals surface area (Å²) in [5, 5.41) is 10.9. The van der Waals surface area contributed by atoms with Crippen LogP contribution in [0, 0.1) is 0 Å². The molecule has 142 valence electrons. The molecule has 4 aromatic rings. The van der Waals surface area contributed by atoms with Crippen molar-refractivity contribution in [1.29, 1.82) is 0 Å². The zero-order chi connectivity index (χ0) is 19.5. The summed E-state index contributed by atoms with van der Waals surface area (Å²) in [6.45, 7) is 1.45. The number of benzene rings is 2. The molecule has 0 atom stereocenters. The molecule has 0 bridgehead atoms. The molecule has 8 heteroatoms. The second-order valence-corrected chi connectivity index (χ2v) is 6.03. The van der Waals surface area contributed by atoms with E-state index < -0.39 is 0 Å². The van der Waals surface area contributed by atoms with Crippen LogP contribution < -0.4 is 11.1 Å². The van der Waals surface area contributed by atoms with E-state index in [4.69, 9.17) is 10.2 Å². The van der Waals surface area contributed by atoms with Crippen LogP contribution in [0.25, 0.3) is 34.3 Å². The van der Waals surface area contributed by atoms with E-state index in [-0.39, 0.29) is 20.5 Å². The van der Waals surface area contributed by atoms with E-state index in [9.17, 15) is 4.79 Å². The number of anilines is 2. The fourth-order valence-corrected chi connectivity index (χ4v) is 2.67. The number of nitrogens with zero attached hydrogens (tertiary/aromatic N) is 4. The molecule has 0 radical (unpaired) electrons.